The van der Waals surface area contributed by atoms with Gasteiger partial charge in [0.25, 0.3) is 0 Å². The Bertz CT molecular complexity index is 686. The molecule has 0 aliphatic rings. The number of aromatic nitrogens is 1. The van der Waals surface area contributed by atoms with Crippen molar-refractivity contribution in [1.29, 1.82) is 0 Å². The van der Waals surface area contributed by atoms with Crippen LogP contribution in [0.15, 0.2) is 12.1 Å². The maximum atomic E-state index is 5.67. The van der Waals surface area contributed by atoms with Crippen LogP contribution in [0, 0.1) is 13.8 Å². The lowest BCUT2D eigenvalue weighted by Crippen LogP contribution is -2.17. The van der Waals surface area contributed by atoms with Gasteiger partial charge < -0.3 is 20.5 Å². The average molecular weight is 317 g/mol. The van der Waals surface area contributed by atoms with Crippen LogP contribution in [-0.2, 0) is 0 Å². The van der Waals surface area contributed by atoms with E-state index < -0.39 is 0 Å². The largest absolute Gasteiger partial charge is 0.496 e. The first-order valence-corrected chi connectivity index (χ1v) is 8.01. The summed E-state index contributed by atoms with van der Waals surface area (Å²) in [5.74, 6) is 1.56. The van der Waals surface area contributed by atoms with Crippen molar-refractivity contribution in [1.82, 2.24) is 4.98 Å². The van der Waals surface area contributed by atoms with E-state index in [9.17, 15) is 0 Å². The molecule has 0 amide bonds. The third-order valence-corrected chi connectivity index (χ3v) is 3.99. The van der Waals surface area contributed by atoms with Crippen LogP contribution in [0.1, 0.15) is 31.0 Å². The van der Waals surface area contributed by atoms with Crippen LogP contribution in [0.4, 0.5) is 5.69 Å². The lowest BCUT2D eigenvalue weighted by molar-refractivity contribution is 0.410. The van der Waals surface area contributed by atoms with Crippen molar-refractivity contribution in [2.24, 2.45) is 5.73 Å². The van der Waals surface area contributed by atoms with E-state index in [0.29, 0.717) is 12.6 Å². The van der Waals surface area contributed by atoms with Crippen molar-refractivity contribution in [2.75, 3.05) is 26.1 Å². The second kappa shape index (κ2) is 7.51. The van der Waals surface area contributed by atoms with Crippen LogP contribution in [0.25, 0.3) is 10.9 Å². The van der Waals surface area contributed by atoms with Gasteiger partial charge in [-0.3, -0.25) is 0 Å². The number of anilines is 1. The van der Waals surface area contributed by atoms with E-state index in [4.69, 9.17) is 15.2 Å². The smallest absolute Gasteiger partial charge is 0.168 e. The van der Waals surface area contributed by atoms with Crippen LogP contribution in [0.2, 0.25) is 0 Å². The van der Waals surface area contributed by atoms with Gasteiger partial charge in [0.1, 0.15) is 11.3 Å². The van der Waals surface area contributed by atoms with E-state index in [1.54, 1.807) is 14.2 Å². The molecule has 3 N–H and O–H groups in total. The van der Waals surface area contributed by atoms with Crippen molar-refractivity contribution in [3.8, 4) is 11.5 Å². The highest BCUT2D eigenvalue weighted by molar-refractivity contribution is 5.97. The highest BCUT2D eigenvalue weighted by atomic mass is 16.5. The number of nitrogens with two attached hydrogens (primary N) is 1. The predicted molar refractivity (Wildman–Crippen MR) is 95.7 cm³/mol. The zero-order valence-electron chi connectivity index (χ0n) is 14.7. The molecule has 5 heteroatoms. The summed E-state index contributed by atoms with van der Waals surface area (Å²) in [6.45, 7) is 6.89. The van der Waals surface area contributed by atoms with Crippen molar-refractivity contribution < 1.29 is 9.47 Å². The van der Waals surface area contributed by atoms with Gasteiger partial charge in [-0.25, -0.2) is 4.98 Å². The Morgan fingerprint density at radius 3 is 2.57 bits per heavy atom. The van der Waals surface area contributed by atoms with Gasteiger partial charge in [-0.05, 0) is 51.8 Å². The Morgan fingerprint density at radius 2 is 1.96 bits per heavy atom. The van der Waals surface area contributed by atoms with Crippen molar-refractivity contribution in [2.45, 2.75) is 39.7 Å². The third-order valence-electron chi connectivity index (χ3n) is 3.99. The van der Waals surface area contributed by atoms with Crippen molar-refractivity contribution >= 4 is 16.6 Å². The Morgan fingerprint density at radius 1 is 1.22 bits per heavy atom. The topological polar surface area (TPSA) is 69.4 Å². The standard InChI is InChI=1S/C18H27N3O2/c1-11-9-13(3)21-17-16(11)15(22-4)10-14(18(17)23-5)20-12(2)7-6-8-19/h9-10,12,20H,6-8,19H2,1-5H3. The number of rotatable bonds is 7. The summed E-state index contributed by atoms with van der Waals surface area (Å²) in [7, 11) is 3.36. The second-order valence-electron chi connectivity index (χ2n) is 5.94. The highest BCUT2D eigenvalue weighted by Gasteiger charge is 2.18. The molecule has 1 aromatic heterocycles. The minimum atomic E-state index is 0.292. The molecule has 0 saturated heterocycles. The number of nitrogens with one attached hydrogen (secondary N) is 1. The highest BCUT2D eigenvalue weighted by Crippen LogP contribution is 2.41. The van der Waals surface area contributed by atoms with E-state index >= 15 is 0 Å². The molecule has 0 spiro atoms. The lowest BCUT2D eigenvalue weighted by atomic mass is 10.1. The Kier molecular flexibility index (Phi) is 5.66. The summed E-state index contributed by atoms with van der Waals surface area (Å²) < 4.78 is 11.3. The van der Waals surface area contributed by atoms with Gasteiger partial charge in [-0.1, -0.05) is 0 Å². The summed E-state index contributed by atoms with van der Waals surface area (Å²) in [6.07, 6.45) is 1.98. The lowest BCUT2D eigenvalue weighted by Gasteiger charge is -2.20. The third kappa shape index (κ3) is 3.67. The number of methoxy groups -OCH3 is 2. The maximum absolute atomic E-state index is 5.67. The van der Waals surface area contributed by atoms with Crippen LogP contribution >= 0.6 is 0 Å². The SMILES string of the molecule is COc1c(NC(C)CCCN)cc(OC)c2c(C)cc(C)nc12. The predicted octanol–water partition coefficient (Wildman–Crippen LogP) is 3.41. The molecule has 1 aromatic carbocycles. The van der Waals surface area contributed by atoms with Gasteiger partial charge in [-0.15, -0.1) is 0 Å². The molecule has 1 atom stereocenters. The first-order chi connectivity index (χ1) is 11.0. The number of hydrogen-bond acceptors (Lipinski definition) is 5. The average Bonchev–Trinajstić information content (AvgIpc) is 2.51. The van der Waals surface area contributed by atoms with Gasteiger partial charge in [0, 0.05) is 23.2 Å². The molecule has 0 radical (unpaired) electrons. The van der Waals surface area contributed by atoms with Crippen LogP contribution in [-0.4, -0.2) is 31.8 Å². The summed E-state index contributed by atoms with van der Waals surface area (Å²) >= 11 is 0. The Labute approximate surface area is 138 Å². The quantitative estimate of drug-likeness (QED) is 0.819. The molecule has 5 nitrogen and oxygen atoms in total. The van der Waals surface area contributed by atoms with Crippen LogP contribution in [0.3, 0.4) is 0 Å². The molecule has 2 rings (SSSR count). The van der Waals surface area contributed by atoms with Gasteiger partial charge in [0.15, 0.2) is 5.75 Å². The monoisotopic (exact) mass is 317 g/mol. The van der Waals surface area contributed by atoms with E-state index in [-0.39, 0.29) is 0 Å². The molecule has 1 unspecified atom stereocenters. The zero-order chi connectivity index (χ0) is 17.0. The molecule has 0 saturated carbocycles. The van der Waals surface area contributed by atoms with Gasteiger partial charge in [0.2, 0.25) is 0 Å². The molecule has 1 heterocycles. The minimum absolute atomic E-state index is 0.292. The fourth-order valence-electron chi connectivity index (χ4n) is 2.94. The summed E-state index contributed by atoms with van der Waals surface area (Å²) in [6, 6.07) is 4.34. The first-order valence-electron chi connectivity index (χ1n) is 8.01. The van der Waals surface area contributed by atoms with E-state index in [0.717, 1.165) is 52.2 Å². The molecule has 0 fully saturated rings. The molecule has 0 bridgehead atoms. The molecule has 126 valence electrons. The van der Waals surface area contributed by atoms with Crippen molar-refractivity contribution in [3.63, 3.8) is 0 Å². The van der Waals surface area contributed by atoms with E-state index in [1.807, 2.05) is 13.0 Å². The molecule has 2 aromatic rings. The maximum Gasteiger partial charge on any atom is 0.168 e. The molecular formula is C18H27N3O2. The molecule has 0 aliphatic heterocycles. The van der Waals surface area contributed by atoms with Crippen LogP contribution in [0.5, 0.6) is 11.5 Å². The summed E-state index contributed by atoms with van der Waals surface area (Å²) in [5, 5.41) is 4.50. The number of hydrogen-bond donors (Lipinski definition) is 2. The second-order valence-corrected chi connectivity index (χ2v) is 5.94. The molecule has 23 heavy (non-hydrogen) atoms. The van der Waals surface area contributed by atoms with Gasteiger partial charge >= 0.3 is 0 Å². The number of nitrogens with zero attached hydrogens (tertiary/aromatic N) is 1. The summed E-state index contributed by atoms with van der Waals surface area (Å²) in [4.78, 5) is 4.68. The Balaban J connectivity index is 2.56. The number of pyridine rings is 1. The Hall–Kier alpha value is -2.01. The fourth-order valence-corrected chi connectivity index (χ4v) is 2.94. The molecular weight excluding hydrogens is 290 g/mol. The minimum Gasteiger partial charge on any atom is -0.496 e. The number of fused-ring (bicyclic) bond motifs is 1. The zero-order valence-corrected chi connectivity index (χ0v) is 14.7. The summed E-state index contributed by atoms with van der Waals surface area (Å²) in [5.41, 5.74) is 9.42. The molecule has 0 aliphatic carbocycles. The van der Waals surface area contributed by atoms with Gasteiger partial charge in [0.05, 0.1) is 19.9 Å². The number of benzene rings is 1. The first kappa shape index (κ1) is 17.3. The van der Waals surface area contributed by atoms with Crippen molar-refractivity contribution in [3.05, 3.63) is 23.4 Å². The van der Waals surface area contributed by atoms with E-state index in [2.05, 4.69) is 30.2 Å². The van der Waals surface area contributed by atoms with Gasteiger partial charge in [-0.2, -0.15) is 0 Å². The van der Waals surface area contributed by atoms with Crippen LogP contribution < -0.4 is 20.5 Å². The normalized spacial score (nSPS) is 12.3. The number of ether oxygens (including phenoxy) is 2. The fraction of sp³-hybridized carbons (Fsp3) is 0.500. The number of aryl methyl sites for hydroxylation is 2. The van der Waals surface area contributed by atoms with E-state index in [1.165, 1.54) is 0 Å².